The molecule has 0 spiro atoms. The number of benzene rings is 1. The van der Waals surface area contributed by atoms with Crippen LogP contribution in [0.2, 0.25) is 5.02 Å². The summed E-state index contributed by atoms with van der Waals surface area (Å²) in [6, 6.07) is 5.51. The molecule has 0 N–H and O–H groups in total. The highest BCUT2D eigenvalue weighted by atomic mass is 35.5. The predicted molar refractivity (Wildman–Crippen MR) is 52.2 cm³/mol. The Balaban J connectivity index is 2.93. The Morgan fingerprint density at radius 3 is 2.36 bits per heavy atom. The van der Waals surface area contributed by atoms with Crippen molar-refractivity contribution in [3.05, 3.63) is 29.3 Å². The summed E-state index contributed by atoms with van der Waals surface area (Å²) in [6.07, 6.45) is -0.384. The molecular formula is C7H6ClO4PS. The fraction of sp³-hybridized carbons (Fsp3) is 0.143. The van der Waals surface area contributed by atoms with Crippen LogP contribution in [0.15, 0.2) is 29.2 Å². The summed E-state index contributed by atoms with van der Waals surface area (Å²) < 4.78 is 37.0. The maximum absolute atomic E-state index is 11.3. The third-order valence-corrected chi connectivity index (χ3v) is 3.30. The largest absolute Gasteiger partial charge is 0.297 e. The number of rotatable bonds is 4. The van der Waals surface area contributed by atoms with Crippen molar-refractivity contribution in [3.63, 3.8) is 0 Å². The van der Waals surface area contributed by atoms with Gasteiger partial charge in [-0.1, -0.05) is 11.6 Å². The van der Waals surface area contributed by atoms with Crippen LogP contribution in [-0.2, 0) is 18.9 Å². The van der Waals surface area contributed by atoms with Gasteiger partial charge in [-0.15, -0.1) is 0 Å². The molecule has 0 aliphatic carbocycles. The molecule has 0 aromatic heterocycles. The molecule has 1 aromatic carbocycles. The van der Waals surface area contributed by atoms with Crippen molar-refractivity contribution in [1.82, 2.24) is 0 Å². The second-order valence-electron chi connectivity index (χ2n) is 2.28. The zero-order valence-corrected chi connectivity index (χ0v) is 9.35. The first-order valence-corrected chi connectivity index (χ1v) is 6.29. The van der Waals surface area contributed by atoms with Crippen molar-refractivity contribution in [2.45, 2.75) is 4.90 Å². The van der Waals surface area contributed by atoms with Crippen LogP contribution in [0.5, 0.6) is 0 Å². The van der Waals surface area contributed by atoms with E-state index in [4.69, 9.17) is 11.6 Å². The average Bonchev–Trinajstić information content (AvgIpc) is 2.16. The summed E-state index contributed by atoms with van der Waals surface area (Å²) in [5.41, 5.74) is 0. The van der Waals surface area contributed by atoms with Crippen molar-refractivity contribution in [1.29, 1.82) is 0 Å². The summed E-state index contributed by atoms with van der Waals surface area (Å²) in [6.45, 7) is 0. The van der Waals surface area contributed by atoms with Crippen molar-refractivity contribution < 1.29 is 17.2 Å². The molecule has 0 bridgehead atoms. The van der Waals surface area contributed by atoms with Gasteiger partial charge in [0.1, 0.15) is 6.35 Å². The standard InChI is InChI=1S/C7H6ClO4PS/c8-6-1-3-7(4-2-6)14(10,11)12-5-13-9/h1-4H,5H2. The van der Waals surface area contributed by atoms with E-state index in [9.17, 15) is 13.0 Å². The Morgan fingerprint density at radius 2 is 1.86 bits per heavy atom. The third-order valence-electron chi connectivity index (χ3n) is 1.36. The van der Waals surface area contributed by atoms with Crippen molar-refractivity contribution >= 4 is 30.2 Å². The van der Waals surface area contributed by atoms with Crippen LogP contribution in [0.1, 0.15) is 0 Å². The summed E-state index contributed by atoms with van der Waals surface area (Å²) in [5.74, 6) is 0. The van der Waals surface area contributed by atoms with Gasteiger partial charge in [0.15, 0.2) is 8.46 Å². The minimum Gasteiger partial charge on any atom is -0.272 e. The van der Waals surface area contributed by atoms with E-state index in [-0.39, 0.29) is 19.7 Å². The van der Waals surface area contributed by atoms with Gasteiger partial charge in [-0.25, -0.2) is 0 Å². The van der Waals surface area contributed by atoms with E-state index in [1.165, 1.54) is 24.3 Å². The van der Waals surface area contributed by atoms with Gasteiger partial charge in [0.25, 0.3) is 10.1 Å². The topological polar surface area (TPSA) is 60.4 Å². The second-order valence-corrected chi connectivity index (χ2v) is 4.85. The quantitative estimate of drug-likeness (QED) is 0.609. The zero-order chi connectivity index (χ0) is 10.6. The maximum Gasteiger partial charge on any atom is 0.297 e. The Morgan fingerprint density at radius 1 is 1.29 bits per heavy atom. The van der Waals surface area contributed by atoms with E-state index < -0.39 is 10.1 Å². The van der Waals surface area contributed by atoms with Crippen LogP contribution < -0.4 is 0 Å². The molecule has 0 aliphatic rings. The molecule has 1 aromatic rings. The fourth-order valence-electron chi connectivity index (χ4n) is 0.760. The minimum absolute atomic E-state index is 0.00875. The summed E-state index contributed by atoms with van der Waals surface area (Å²) in [7, 11) is -4.18. The molecule has 0 saturated heterocycles. The molecule has 0 radical (unpaired) electrons. The molecule has 76 valence electrons. The van der Waals surface area contributed by atoms with Gasteiger partial charge in [0, 0.05) is 5.02 Å². The van der Waals surface area contributed by atoms with Gasteiger partial charge in [0.05, 0.1) is 4.90 Å². The van der Waals surface area contributed by atoms with Crippen LogP contribution in [0.3, 0.4) is 0 Å². The summed E-state index contributed by atoms with van der Waals surface area (Å²) in [5, 5.41) is 0.436. The molecule has 1 rings (SSSR count). The highest BCUT2D eigenvalue weighted by Crippen LogP contribution is 2.16. The van der Waals surface area contributed by atoms with Gasteiger partial charge in [-0.2, -0.15) is 8.42 Å². The average molecular weight is 253 g/mol. The Labute approximate surface area is 88.2 Å². The third kappa shape index (κ3) is 3.03. The van der Waals surface area contributed by atoms with Crippen molar-refractivity contribution in [2.24, 2.45) is 0 Å². The number of hydrogen-bond acceptors (Lipinski definition) is 4. The molecule has 0 saturated carbocycles. The van der Waals surface area contributed by atoms with Crippen LogP contribution in [-0.4, -0.2) is 14.8 Å². The van der Waals surface area contributed by atoms with Crippen LogP contribution >= 0.6 is 20.1 Å². The van der Waals surface area contributed by atoms with Gasteiger partial charge in [-0.3, -0.25) is 8.75 Å². The van der Waals surface area contributed by atoms with E-state index in [2.05, 4.69) is 4.18 Å². The normalized spacial score (nSPS) is 11.8. The highest BCUT2D eigenvalue weighted by Gasteiger charge is 2.14. The zero-order valence-electron chi connectivity index (χ0n) is 6.88. The lowest BCUT2D eigenvalue weighted by molar-refractivity contribution is 0.374. The van der Waals surface area contributed by atoms with E-state index in [0.29, 0.717) is 5.02 Å². The summed E-state index contributed by atoms with van der Waals surface area (Å²) in [4.78, 5) is -0.00875. The molecule has 4 nitrogen and oxygen atoms in total. The second kappa shape index (κ2) is 4.84. The molecule has 0 aliphatic heterocycles. The highest BCUT2D eigenvalue weighted by molar-refractivity contribution is 7.86. The first-order valence-electron chi connectivity index (χ1n) is 3.50. The molecule has 0 unspecified atom stereocenters. The molecular weight excluding hydrogens is 247 g/mol. The predicted octanol–water partition coefficient (Wildman–Crippen LogP) is 2.29. The summed E-state index contributed by atoms with van der Waals surface area (Å²) >= 11 is 5.58. The lowest BCUT2D eigenvalue weighted by Gasteiger charge is -2.01. The fourth-order valence-corrected chi connectivity index (χ4v) is 2.22. The van der Waals surface area contributed by atoms with Gasteiger partial charge in [-0.05, 0) is 24.3 Å². The smallest absolute Gasteiger partial charge is 0.272 e. The van der Waals surface area contributed by atoms with Crippen LogP contribution in [0.25, 0.3) is 0 Å². The Hall–Kier alpha value is -0.480. The molecule has 0 amide bonds. The molecule has 7 heteroatoms. The Kier molecular flexibility index (Phi) is 4.01. The van der Waals surface area contributed by atoms with Gasteiger partial charge in [0.2, 0.25) is 0 Å². The van der Waals surface area contributed by atoms with E-state index >= 15 is 0 Å². The van der Waals surface area contributed by atoms with Gasteiger partial charge < -0.3 is 0 Å². The van der Waals surface area contributed by atoms with Gasteiger partial charge >= 0.3 is 0 Å². The van der Waals surface area contributed by atoms with Crippen molar-refractivity contribution in [3.8, 4) is 0 Å². The maximum atomic E-state index is 11.3. The minimum atomic E-state index is -3.80. The van der Waals surface area contributed by atoms with E-state index in [0.717, 1.165) is 0 Å². The SMILES string of the molecule is O=PCOS(=O)(=O)c1ccc(Cl)cc1. The van der Waals surface area contributed by atoms with Crippen LogP contribution in [0, 0.1) is 0 Å². The first kappa shape index (κ1) is 11.6. The van der Waals surface area contributed by atoms with E-state index in [1.807, 2.05) is 0 Å². The number of halogens is 1. The Bertz CT molecular complexity index is 414. The van der Waals surface area contributed by atoms with E-state index in [1.54, 1.807) is 0 Å². The lowest BCUT2D eigenvalue weighted by Crippen LogP contribution is -2.04. The molecule has 0 heterocycles. The first-order chi connectivity index (χ1) is 6.56. The lowest BCUT2D eigenvalue weighted by atomic mass is 10.4. The molecule has 0 fully saturated rings. The van der Waals surface area contributed by atoms with Crippen molar-refractivity contribution in [2.75, 3.05) is 6.35 Å². The number of hydrogen-bond donors (Lipinski definition) is 0. The molecule has 14 heavy (non-hydrogen) atoms. The monoisotopic (exact) mass is 252 g/mol. The molecule has 0 atom stereocenters. The van der Waals surface area contributed by atoms with Crippen LogP contribution in [0.4, 0.5) is 0 Å².